The third-order valence-electron chi connectivity index (χ3n) is 7.59. The van der Waals surface area contributed by atoms with Crippen LogP contribution in [0.1, 0.15) is 37.1 Å². The molecule has 1 aliphatic carbocycles. The number of β-amino-alcohol motifs (C(OH)–C–C–N with tert-alkyl or cyclic N) is 1. The van der Waals surface area contributed by atoms with Gasteiger partial charge in [0, 0.05) is 50.3 Å². The zero-order valence-corrected chi connectivity index (χ0v) is 23.3. The first-order valence-electron chi connectivity index (χ1n) is 13.7. The van der Waals surface area contributed by atoms with Gasteiger partial charge in [0.1, 0.15) is 17.5 Å². The summed E-state index contributed by atoms with van der Waals surface area (Å²) in [5, 5.41) is 26.8. The number of benzene rings is 1. The predicted octanol–water partition coefficient (Wildman–Crippen LogP) is 3.94. The number of carbonyl (C=O) groups excluding carboxylic acids is 1. The van der Waals surface area contributed by atoms with E-state index in [1.165, 1.54) is 11.3 Å². The smallest absolute Gasteiger partial charge is 0.324 e. The molecule has 40 heavy (non-hydrogen) atoms. The number of thiazole rings is 1. The zero-order valence-electron chi connectivity index (χ0n) is 22.5. The van der Waals surface area contributed by atoms with Crippen molar-refractivity contribution in [2.75, 3.05) is 41.8 Å². The molecule has 4 aromatic rings. The van der Waals surface area contributed by atoms with Gasteiger partial charge in [0.05, 0.1) is 22.9 Å². The van der Waals surface area contributed by atoms with E-state index in [-0.39, 0.29) is 24.8 Å². The van der Waals surface area contributed by atoms with Gasteiger partial charge in [-0.05, 0) is 68.5 Å². The fourth-order valence-electron chi connectivity index (χ4n) is 5.41. The monoisotopic (exact) mass is 562 g/mol. The van der Waals surface area contributed by atoms with Gasteiger partial charge >= 0.3 is 6.03 Å². The molecular formula is C28H34N8O3S. The van der Waals surface area contributed by atoms with Crippen LogP contribution in [-0.2, 0) is 6.54 Å². The molecule has 11 nitrogen and oxygen atoms in total. The van der Waals surface area contributed by atoms with E-state index in [1.807, 2.05) is 37.4 Å². The zero-order chi connectivity index (χ0) is 27.6. The minimum Gasteiger partial charge on any atom is -0.395 e. The van der Waals surface area contributed by atoms with E-state index in [0.29, 0.717) is 32.0 Å². The second-order valence-corrected chi connectivity index (χ2v) is 11.5. The summed E-state index contributed by atoms with van der Waals surface area (Å²) in [4.78, 5) is 30.1. The predicted molar refractivity (Wildman–Crippen MR) is 156 cm³/mol. The van der Waals surface area contributed by atoms with E-state index in [2.05, 4.69) is 26.3 Å². The maximum absolute atomic E-state index is 12.7. The molecule has 2 fully saturated rings. The average molecular weight is 563 g/mol. The van der Waals surface area contributed by atoms with Crippen LogP contribution in [0.3, 0.4) is 0 Å². The lowest BCUT2D eigenvalue weighted by Crippen LogP contribution is -2.33. The molecule has 4 N–H and O–H groups in total. The Labute approximate surface area is 236 Å². The van der Waals surface area contributed by atoms with Gasteiger partial charge in [0.2, 0.25) is 0 Å². The Bertz CT molecular complexity index is 1500. The summed E-state index contributed by atoms with van der Waals surface area (Å²) in [5.74, 6) is 2.44. The highest BCUT2D eigenvalue weighted by molar-refractivity contribution is 7.22. The Kier molecular flexibility index (Phi) is 7.55. The number of amides is 2. The van der Waals surface area contributed by atoms with Gasteiger partial charge in [-0.2, -0.15) is 0 Å². The van der Waals surface area contributed by atoms with Gasteiger partial charge in [-0.15, -0.1) is 0 Å². The van der Waals surface area contributed by atoms with Crippen molar-refractivity contribution in [1.29, 1.82) is 0 Å². The first-order chi connectivity index (χ1) is 19.4. The second-order valence-electron chi connectivity index (χ2n) is 10.4. The number of imidazole rings is 1. The number of fused-ring (bicyclic) bond motifs is 1. The van der Waals surface area contributed by atoms with Crippen molar-refractivity contribution in [3.8, 4) is 0 Å². The molecule has 0 radical (unpaired) electrons. The lowest BCUT2D eigenvalue weighted by molar-refractivity contribution is 0.126. The normalized spacial score (nSPS) is 19.5. The Balaban J connectivity index is 1.24. The Hall–Kier alpha value is -3.74. The van der Waals surface area contributed by atoms with Crippen molar-refractivity contribution in [2.24, 2.45) is 0 Å². The van der Waals surface area contributed by atoms with Crippen LogP contribution in [-0.4, -0.2) is 79.1 Å². The number of aliphatic hydroxyl groups excluding tert-OH is 2. The average Bonchev–Trinajstić information content (AvgIpc) is 3.63. The highest BCUT2D eigenvalue weighted by Gasteiger charge is 2.29. The minimum atomic E-state index is -0.207. The molecule has 0 bridgehead atoms. The van der Waals surface area contributed by atoms with Gasteiger partial charge in [-0.1, -0.05) is 11.3 Å². The SMILES string of the molecule is Cc1nccn1Cc1cc(Nc2nc3ccc(N4CCN(CCO)C4=O)cc3s2)nc(NC2CCC(O)CC2)c1. The van der Waals surface area contributed by atoms with Crippen molar-refractivity contribution in [2.45, 2.75) is 51.3 Å². The van der Waals surface area contributed by atoms with E-state index >= 15 is 0 Å². The highest BCUT2D eigenvalue weighted by Crippen LogP contribution is 2.33. The number of anilines is 4. The third-order valence-corrected chi connectivity index (χ3v) is 8.53. The Morgan fingerprint density at radius 3 is 2.67 bits per heavy atom. The van der Waals surface area contributed by atoms with Gasteiger partial charge in [-0.3, -0.25) is 4.90 Å². The number of aliphatic hydroxyl groups is 2. The molecule has 210 valence electrons. The molecule has 1 saturated heterocycles. The number of aryl methyl sites for hydroxylation is 1. The summed E-state index contributed by atoms with van der Waals surface area (Å²) in [5.41, 5.74) is 2.76. The van der Waals surface area contributed by atoms with Gasteiger partial charge in [-0.25, -0.2) is 19.7 Å². The number of nitrogens with one attached hydrogen (secondary N) is 2. The Morgan fingerprint density at radius 1 is 1.07 bits per heavy atom. The molecule has 6 rings (SSSR count). The first kappa shape index (κ1) is 26.5. The topological polar surface area (TPSA) is 132 Å². The molecule has 2 amide bonds. The summed E-state index contributed by atoms with van der Waals surface area (Å²) in [7, 11) is 0. The number of pyridine rings is 1. The lowest BCUT2D eigenvalue weighted by Gasteiger charge is -2.27. The quantitative estimate of drug-likeness (QED) is 0.241. The Morgan fingerprint density at radius 2 is 1.90 bits per heavy atom. The number of hydrogen-bond donors (Lipinski definition) is 4. The number of rotatable bonds is 9. The summed E-state index contributed by atoms with van der Waals surface area (Å²) in [6.45, 7) is 4.16. The van der Waals surface area contributed by atoms with E-state index in [1.54, 1.807) is 16.0 Å². The van der Waals surface area contributed by atoms with Crippen molar-refractivity contribution in [1.82, 2.24) is 24.4 Å². The van der Waals surface area contributed by atoms with Crippen molar-refractivity contribution in [3.05, 3.63) is 54.1 Å². The van der Waals surface area contributed by atoms with Crippen molar-refractivity contribution < 1.29 is 15.0 Å². The number of carbonyl (C=O) groups is 1. The fourth-order valence-corrected chi connectivity index (χ4v) is 6.31. The summed E-state index contributed by atoms with van der Waals surface area (Å²) in [6, 6.07) is 10.1. The van der Waals surface area contributed by atoms with Crippen LogP contribution in [0.2, 0.25) is 0 Å². The third kappa shape index (κ3) is 5.74. The molecule has 2 aliphatic rings. The standard InChI is InChI=1S/C28H34N8O3S/c1-18-29-8-9-35(18)17-19-14-25(30-20-2-5-22(38)6-3-20)32-26(15-19)33-27-31-23-7-4-21(16-24(23)40-27)36-11-10-34(12-13-37)28(36)39/h4,7-9,14-16,20,22,37-38H,2-3,5-6,10-13,17H2,1H3,(H2,30,31,32,33). The van der Waals surface area contributed by atoms with Gasteiger partial charge in [0.25, 0.3) is 0 Å². The van der Waals surface area contributed by atoms with Crippen LogP contribution in [0.4, 0.5) is 27.2 Å². The van der Waals surface area contributed by atoms with Crippen LogP contribution in [0.25, 0.3) is 10.2 Å². The molecule has 1 aliphatic heterocycles. The van der Waals surface area contributed by atoms with Crippen LogP contribution >= 0.6 is 11.3 Å². The maximum Gasteiger partial charge on any atom is 0.324 e. The molecule has 0 atom stereocenters. The molecular weight excluding hydrogens is 528 g/mol. The van der Waals surface area contributed by atoms with E-state index in [0.717, 1.165) is 63.9 Å². The maximum atomic E-state index is 12.7. The largest absolute Gasteiger partial charge is 0.395 e. The minimum absolute atomic E-state index is 0.0410. The molecule has 1 aromatic carbocycles. The first-order valence-corrected chi connectivity index (χ1v) is 14.5. The number of urea groups is 1. The lowest BCUT2D eigenvalue weighted by atomic mass is 9.93. The van der Waals surface area contributed by atoms with Crippen molar-refractivity contribution in [3.63, 3.8) is 0 Å². The van der Waals surface area contributed by atoms with Crippen LogP contribution in [0, 0.1) is 6.92 Å². The van der Waals surface area contributed by atoms with Crippen LogP contribution in [0.5, 0.6) is 0 Å². The molecule has 0 spiro atoms. The van der Waals surface area contributed by atoms with Gasteiger partial charge in [0.15, 0.2) is 5.13 Å². The van der Waals surface area contributed by atoms with E-state index in [4.69, 9.17) is 9.97 Å². The molecule has 0 unspecified atom stereocenters. The van der Waals surface area contributed by atoms with E-state index < -0.39 is 0 Å². The molecule has 12 heteroatoms. The molecule has 1 saturated carbocycles. The number of hydrogen-bond acceptors (Lipinski definition) is 9. The summed E-state index contributed by atoms with van der Waals surface area (Å²) < 4.78 is 3.07. The van der Waals surface area contributed by atoms with Gasteiger partial charge < -0.3 is 30.3 Å². The van der Waals surface area contributed by atoms with Crippen molar-refractivity contribution >= 4 is 50.0 Å². The highest BCUT2D eigenvalue weighted by atomic mass is 32.1. The van der Waals surface area contributed by atoms with Crippen LogP contribution < -0.4 is 15.5 Å². The van der Waals surface area contributed by atoms with Crippen LogP contribution in [0.15, 0.2) is 42.7 Å². The van der Waals surface area contributed by atoms with E-state index in [9.17, 15) is 15.0 Å². The molecule has 3 aromatic heterocycles. The molecule has 4 heterocycles. The summed E-state index contributed by atoms with van der Waals surface area (Å²) >= 11 is 1.52. The number of nitrogens with zero attached hydrogens (tertiary/aromatic N) is 6. The summed E-state index contributed by atoms with van der Waals surface area (Å²) in [6.07, 6.45) is 6.98. The fraction of sp³-hybridized carbons (Fsp3) is 0.429. The second kappa shape index (κ2) is 11.4. The number of aromatic nitrogens is 4.